The first-order chi connectivity index (χ1) is 10.6. The molecule has 0 aliphatic rings. The molecule has 5 nitrogen and oxygen atoms in total. The molecule has 0 amide bonds. The van der Waals surface area contributed by atoms with Crippen molar-refractivity contribution in [2.45, 2.75) is 6.92 Å². The van der Waals surface area contributed by atoms with Crippen LogP contribution in [0.5, 0.6) is 0 Å². The normalized spacial score (nSPS) is 10.3. The van der Waals surface area contributed by atoms with E-state index in [0.717, 1.165) is 5.56 Å². The highest BCUT2D eigenvalue weighted by Gasteiger charge is 2.15. The van der Waals surface area contributed by atoms with E-state index in [1.807, 2.05) is 31.2 Å². The molecule has 2 heterocycles. The van der Waals surface area contributed by atoms with Crippen molar-refractivity contribution in [2.24, 2.45) is 7.05 Å². The molecular weight excluding hydrogens is 278 g/mol. The van der Waals surface area contributed by atoms with Gasteiger partial charge in [-0.3, -0.25) is 0 Å². The Hall–Kier alpha value is -3.13. The van der Waals surface area contributed by atoms with E-state index >= 15 is 0 Å². The van der Waals surface area contributed by atoms with Gasteiger partial charge in [0.1, 0.15) is 23.4 Å². The first-order valence-electron chi connectivity index (χ1n) is 6.68. The van der Waals surface area contributed by atoms with E-state index in [1.165, 1.54) is 16.5 Å². The van der Waals surface area contributed by atoms with Gasteiger partial charge in [-0.2, -0.15) is 0 Å². The Bertz CT molecular complexity index is 928. The van der Waals surface area contributed by atoms with Crippen LogP contribution in [0.15, 0.2) is 36.7 Å². The molecule has 0 unspecified atom stereocenters. The number of aryl methyl sites for hydroxylation is 2. The summed E-state index contributed by atoms with van der Waals surface area (Å²) < 4.78 is 1.52. The first-order valence-corrected chi connectivity index (χ1v) is 6.68. The molecule has 0 saturated carbocycles. The number of carboxylic acids is 1. The number of hydrogen-bond acceptors (Lipinski definition) is 3. The molecule has 5 heteroatoms. The highest BCUT2D eigenvalue weighted by Crippen LogP contribution is 2.18. The number of aromatic nitrogens is 3. The lowest BCUT2D eigenvalue weighted by Gasteiger charge is -1.97. The smallest absolute Gasteiger partial charge is 0.352 e. The number of fused-ring (bicyclic) bond motifs is 1. The molecule has 2 aromatic heterocycles. The Morgan fingerprint density at radius 3 is 2.59 bits per heavy atom. The Kier molecular flexibility index (Phi) is 3.36. The van der Waals surface area contributed by atoms with Gasteiger partial charge in [0.2, 0.25) is 0 Å². The van der Waals surface area contributed by atoms with E-state index < -0.39 is 5.97 Å². The summed E-state index contributed by atoms with van der Waals surface area (Å²) in [6.07, 6.45) is 1.40. The van der Waals surface area contributed by atoms with Gasteiger partial charge in [0.05, 0.1) is 5.39 Å². The van der Waals surface area contributed by atoms with Crippen LogP contribution in [0.3, 0.4) is 0 Å². The van der Waals surface area contributed by atoms with Crippen molar-refractivity contribution in [3.63, 3.8) is 0 Å². The van der Waals surface area contributed by atoms with Gasteiger partial charge < -0.3 is 9.67 Å². The molecule has 0 bridgehead atoms. The van der Waals surface area contributed by atoms with E-state index in [2.05, 4.69) is 21.8 Å². The van der Waals surface area contributed by atoms with E-state index in [4.69, 9.17) is 0 Å². The molecule has 1 aromatic carbocycles. The van der Waals surface area contributed by atoms with Crippen molar-refractivity contribution in [1.82, 2.24) is 14.5 Å². The summed E-state index contributed by atoms with van der Waals surface area (Å²) in [6.45, 7) is 2.02. The second-order valence-corrected chi connectivity index (χ2v) is 4.97. The molecule has 0 fully saturated rings. The fourth-order valence-electron chi connectivity index (χ4n) is 2.21. The van der Waals surface area contributed by atoms with Gasteiger partial charge in [0.25, 0.3) is 0 Å². The van der Waals surface area contributed by atoms with Crippen LogP contribution in [-0.4, -0.2) is 25.6 Å². The first kappa shape index (κ1) is 13.8. The van der Waals surface area contributed by atoms with Gasteiger partial charge in [-0.15, -0.1) is 0 Å². The molecule has 0 saturated heterocycles. The lowest BCUT2D eigenvalue weighted by Crippen LogP contribution is -2.04. The Morgan fingerprint density at radius 2 is 1.91 bits per heavy atom. The molecular formula is C17H13N3O2. The van der Waals surface area contributed by atoms with Crippen molar-refractivity contribution in [3.8, 4) is 11.8 Å². The summed E-state index contributed by atoms with van der Waals surface area (Å²) in [7, 11) is 1.66. The molecule has 0 spiro atoms. The van der Waals surface area contributed by atoms with Crippen LogP contribution < -0.4 is 0 Å². The Labute approximate surface area is 127 Å². The second kappa shape index (κ2) is 5.34. The number of benzene rings is 1. The lowest BCUT2D eigenvalue weighted by atomic mass is 10.1. The summed E-state index contributed by atoms with van der Waals surface area (Å²) >= 11 is 0. The van der Waals surface area contributed by atoms with Crippen molar-refractivity contribution >= 4 is 17.0 Å². The predicted octanol–water partition coefficient (Wildman–Crippen LogP) is 2.37. The molecule has 0 radical (unpaired) electrons. The van der Waals surface area contributed by atoms with E-state index in [9.17, 15) is 9.90 Å². The molecule has 0 atom stereocenters. The van der Waals surface area contributed by atoms with Crippen molar-refractivity contribution in [2.75, 3.05) is 0 Å². The minimum Gasteiger partial charge on any atom is -0.477 e. The largest absolute Gasteiger partial charge is 0.477 e. The van der Waals surface area contributed by atoms with E-state index in [-0.39, 0.29) is 5.69 Å². The Balaban J connectivity index is 2.10. The second-order valence-electron chi connectivity index (χ2n) is 4.97. The average Bonchev–Trinajstić information content (AvgIpc) is 2.85. The van der Waals surface area contributed by atoms with Crippen LogP contribution in [0.1, 0.15) is 27.3 Å². The van der Waals surface area contributed by atoms with Crippen molar-refractivity contribution in [3.05, 3.63) is 59.2 Å². The molecule has 3 rings (SSSR count). The minimum atomic E-state index is -1.00. The highest BCUT2D eigenvalue weighted by molar-refractivity contribution is 5.94. The molecule has 22 heavy (non-hydrogen) atoms. The fraction of sp³-hybridized carbons (Fsp3) is 0.118. The third kappa shape index (κ3) is 2.42. The number of nitrogens with zero attached hydrogens (tertiary/aromatic N) is 3. The summed E-state index contributed by atoms with van der Waals surface area (Å²) in [5, 5.41) is 9.83. The van der Waals surface area contributed by atoms with Crippen LogP contribution in [0.4, 0.5) is 0 Å². The molecule has 0 aliphatic heterocycles. The zero-order valence-corrected chi connectivity index (χ0v) is 12.2. The number of hydrogen-bond donors (Lipinski definition) is 1. The van der Waals surface area contributed by atoms with Gasteiger partial charge >= 0.3 is 5.97 Å². The van der Waals surface area contributed by atoms with Crippen molar-refractivity contribution in [1.29, 1.82) is 0 Å². The number of carboxylic acid groups (broad SMARTS) is 1. The average molecular weight is 291 g/mol. The predicted molar refractivity (Wildman–Crippen MR) is 82.6 cm³/mol. The summed E-state index contributed by atoms with van der Waals surface area (Å²) in [5.74, 6) is 5.03. The van der Waals surface area contributed by atoms with E-state index in [1.54, 1.807) is 13.1 Å². The maximum atomic E-state index is 11.2. The fourth-order valence-corrected chi connectivity index (χ4v) is 2.21. The Morgan fingerprint density at radius 1 is 1.18 bits per heavy atom. The van der Waals surface area contributed by atoms with Crippen LogP contribution in [0.2, 0.25) is 0 Å². The molecule has 108 valence electrons. The van der Waals surface area contributed by atoms with Crippen LogP contribution in [-0.2, 0) is 7.05 Å². The van der Waals surface area contributed by atoms with Gasteiger partial charge in [0.15, 0.2) is 0 Å². The van der Waals surface area contributed by atoms with Crippen LogP contribution in [0.25, 0.3) is 11.0 Å². The van der Waals surface area contributed by atoms with Crippen LogP contribution >= 0.6 is 0 Å². The summed E-state index contributed by atoms with van der Waals surface area (Å²) in [6, 6.07) is 9.41. The molecule has 3 aromatic rings. The van der Waals surface area contributed by atoms with Gasteiger partial charge in [-0.25, -0.2) is 14.8 Å². The van der Waals surface area contributed by atoms with Gasteiger partial charge in [-0.1, -0.05) is 23.6 Å². The SMILES string of the molecule is Cc1ccc(C#Cc2ncnc3c2cc(C(=O)O)n3C)cc1. The third-order valence-corrected chi connectivity index (χ3v) is 3.42. The monoisotopic (exact) mass is 291 g/mol. The lowest BCUT2D eigenvalue weighted by molar-refractivity contribution is 0.0687. The summed E-state index contributed by atoms with van der Waals surface area (Å²) in [4.78, 5) is 19.5. The topological polar surface area (TPSA) is 68.0 Å². The maximum absolute atomic E-state index is 11.2. The third-order valence-electron chi connectivity index (χ3n) is 3.42. The molecule has 0 aliphatic carbocycles. The standard InChI is InChI=1S/C17H13N3O2/c1-11-3-5-12(6-4-11)7-8-14-13-9-15(17(21)22)20(2)16(13)19-10-18-14/h3-6,9-10H,1-2H3,(H,21,22). The minimum absolute atomic E-state index is 0.161. The van der Waals surface area contributed by atoms with Crippen molar-refractivity contribution < 1.29 is 9.90 Å². The number of rotatable bonds is 1. The zero-order valence-electron chi connectivity index (χ0n) is 12.2. The van der Waals surface area contributed by atoms with Gasteiger partial charge in [-0.05, 0) is 31.0 Å². The van der Waals surface area contributed by atoms with Crippen LogP contribution in [0, 0.1) is 18.8 Å². The molecule has 1 N–H and O–H groups in total. The number of carbonyl (C=O) groups is 1. The maximum Gasteiger partial charge on any atom is 0.352 e. The van der Waals surface area contributed by atoms with E-state index in [0.29, 0.717) is 16.7 Å². The number of aromatic carboxylic acids is 1. The quantitative estimate of drug-likeness (QED) is 0.699. The highest BCUT2D eigenvalue weighted by atomic mass is 16.4. The zero-order chi connectivity index (χ0) is 15.7. The summed E-state index contributed by atoms with van der Waals surface area (Å²) in [5.41, 5.74) is 3.29. The van der Waals surface area contributed by atoms with Gasteiger partial charge in [0, 0.05) is 12.6 Å².